The molecule has 17 heavy (non-hydrogen) atoms. The second-order valence-corrected chi connectivity index (χ2v) is 5.96. The Kier molecular flexibility index (Phi) is 6.37. The highest BCUT2D eigenvalue weighted by Gasteiger charge is 2.02. The molecule has 1 unspecified atom stereocenters. The van der Waals surface area contributed by atoms with Crippen molar-refractivity contribution in [2.45, 2.75) is 66.2 Å². The van der Waals surface area contributed by atoms with E-state index in [0.717, 1.165) is 18.3 Å². The van der Waals surface area contributed by atoms with Crippen LogP contribution in [0.3, 0.4) is 0 Å². The van der Waals surface area contributed by atoms with Crippen LogP contribution in [-0.4, -0.2) is 0 Å². The van der Waals surface area contributed by atoms with Gasteiger partial charge in [0.05, 0.1) is 0 Å². The largest absolute Gasteiger partial charge is 0.119 e. The van der Waals surface area contributed by atoms with E-state index in [1.54, 1.807) is 0 Å². The smallest absolute Gasteiger partial charge is 0.00615 e. The van der Waals surface area contributed by atoms with Crippen molar-refractivity contribution in [2.24, 2.45) is 11.8 Å². The zero-order valence-corrected chi connectivity index (χ0v) is 12.1. The third kappa shape index (κ3) is 6.54. The molecule has 0 aromatic carbocycles. The van der Waals surface area contributed by atoms with E-state index in [1.165, 1.54) is 43.3 Å². The molecule has 0 aromatic rings. The summed E-state index contributed by atoms with van der Waals surface area (Å²) in [4.78, 5) is 0. The van der Waals surface area contributed by atoms with Gasteiger partial charge in [-0.25, -0.2) is 0 Å². The molecule has 0 fully saturated rings. The number of hydrogen-bond donors (Lipinski definition) is 0. The molecule has 96 valence electrons. The second-order valence-electron chi connectivity index (χ2n) is 5.96. The van der Waals surface area contributed by atoms with Gasteiger partial charge in [0.2, 0.25) is 0 Å². The van der Waals surface area contributed by atoms with Gasteiger partial charge in [0.1, 0.15) is 0 Å². The molecular formula is C17H28. The van der Waals surface area contributed by atoms with E-state index in [4.69, 9.17) is 0 Å². The first kappa shape index (κ1) is 14.3. The number of rotatable bonds is 2. The van der Waals surface area contributed by atoms with Crippen molar-refractivity contribution in [1.29, 1.82) is 0 Å². The van der Waals surface area contributed by atoms with Crippen LogP contribution in [-0.2, 0) is 0 Å². The average molecular weight is 232 g/mol. The van der Waals surface area contributed by atoms with Gasteiger partial charge in [-0.3, -0.25) is 0 Å². The molecule has 0 heterocycles. The van der Waals surface area contributed by atoms with Crippen molar-refractivity contribution in [3.63, 3.8) is 0 Å². The topological polar surface area (TPSA) is 0 Å². The minimum Gasteiger partial charge on any atom is -0.119 e. The maximum atomic E-state index is 3.61. The molecule has 1 aliphatic carbocycles. The molecule has 0 aromatic heterocycles. The fraction of sp³-hybridized carbons (Fsp3) is 0.706. The van der Waals surface area contributed by atoms with Crippen LogP contribution >= 0.6 is 0 Å². The van der Waals surface area contributed by atoms with E-state index >= 15 is 0 Å². The van der Waals surface area contributed by atoms with E-state index in [0.29, 0.717) is 0 Å². The van der Waals surface area contributed by atoms with E-state index in [-0.39, 0.29) is 0 Å². The maximum Gasteiger partial charge on any atom is -0.00615 e. The van der Waals surface area contributed by atoms with Gasteiger partial charge in [0, 0.05) is 0 Å². The molecule has 0 radical (unpaired) electrons. The predicted molar refractivity (Wildman–Crippen MR) is 77.1 cm³/mol. The summed E-state index contributed by atoms with van der Waals surface area (Å²) in [6.07, 6.45) is 12.5. The standard InChI is InChI=1S/C17H28/c1-14(2)12-17-11-10-15(3)8-6-5-7-9-16(4)13-17/h10-11,14-15H,5-9,12H2,1-4H3. The van der Waals surface area contributed by atoms with Crippen molar-refractivity contribution in [2.75, 3.05) is 0 Å². The van der Waals surface area contributed by atoms with E-state index < -0.39 is 0 Å². The summed E-state index contributed by atoms with van der Waals surface area (Å²) >= 11 is 0. The molecule has 0 nitrogen and oxygen atoms in total. The fourth-order valence-corrected chi connectivity index (χ4v) is 2.35. The van der Waals surface area contributed by atoms with Crippen LogP contribution in [0.15, 0.2) is 29.0 Å². The highest BCUT2D eigenvalue weighted by atomic mass is 14.1. The monoisotopic (exact) mass is 232 g/mol. The highest BCUT2D eigenvalue weighted by Crippen LogP contribution is 2.19. The SMILES string of the molecule is CC1=C=C(CC(C)C)C=CC(C)CCCCC1. The van der Waals surface area contributed by atoms with E-state index in [1.807, 2.05) is 0 Å². The Morgan fingerprint density at radius 2 is 2.06 bits per heavy atom. The zero-order chi connectivity index (χ0) is 12.7. The summed E-state index contributed by atoms with van der Waals surface area (Å²) in [5, 5.41) is 0. The minimum absolute atomic E-state index is 0.718. The van der Waals surface area contributed by atoms with Gasteiger partial charge in [0.15, 0.2) is 0 Å². The highest BCUT2D eigenvalue weighted by molar-refractivity contribution is 5.21. The van der Waals surface area contributed by atoms with Gasteiger partial charge in [-0.1, -0.05) is 45.8 Å². The van der Waals surface area contributed by atoms with Crippen LogP contribution in [0.25, 0.3) is 0 Å². The summed E-state index contributed by atoms with van der Waals surface area (Å²) in [7, 11) is 0. The molecular weight excluding hydrogens is 204 g/mol. The lowest BCUT2D eigenvalue weighted by Crippen LogP contribution is -1.91. The average Bonchev–Trinajstić information content (AvgIpc) is 2.26. The Morgan fingerprint density at radius 1 is 1.29 bits per heavy atom. The van der Waals surface area contributed by atoms with Crippen LogP contribution in [0.5, 0.6) is 0 Å². The molecule has 0 saturated heterocycles. The molecule has 0 aliphatic heterocycles. The Hall–Kier alpha value is -0.740. The Bertz CT molecular complexity index is 311. The van der Waals surface area contributed by atoms with Crippen molar-refractivity contribution in [1.82, 2.24) is 0 Å². The summed E-state index contributed by atoms with van der Waals surface area (Å²) in [5.41, 5.74) is 6.44. The third-order valence-corrected chi connectivity index (χ3v) is 3.34. The number of allylic oxidation sites excluding steroid dienone is 3. The first-order valence-electron chi connectivity index (χ1n) is 7.21. The first-order chi connectivity index (χ1) is 8.08. The lowest BCUT2D eigenvalue weighted by molar-refractivity contribution is 0.564. The fourth-order valence-electron chi connectivity index (χ4n) is 2.35. The van der Waals surface area contributed by atoms with Crippen molar-refractivity contribution < 1.29 is 0 Å². The summed E-state index contributed by atoms with van der Waals surface area (Å²) in [6.45, 7) is 9.13. The molecule has 0 spiro atoms. The molecule has 0 N–H and O–H groups in total. The van der Waals surface area contributed by atoms with Crippen molar-refractivity contribution in [3.8, 4) is 0 Å². The predicted octanol–water partition coefficient (Wildman–Crippen LogP) is 5.66. The Balaban J connectivity index is 2.88. The molecule has 0 amide bonds. The van der Waals surface area contributed by atoms with Crippen molar-refractivity contribution in [3.05, 3.63) is 29.0 Å². The van der Waals surface area contributed by atoms with E-state index in [2.05, 4.69) is 45.6 Å². The molecule has 1 atom stereocenters. The Morgan fingerprint density at radius 3 is 2.76 bits per heavy atom. The zero-order valence-electron chi connectivity index (χ0n) is 12.1. The van der Waals surface area contributed by atoms with Crippen LogP contribution in [0.1, 0.15) is 66.2 Å². The Labute approximate surface area is 108 Å². The van der Waals surface area contributed by atoms with Crippen LogP contribution in [0, 0.1) is 11.8 Å². The van der Waals surface area contributed by atoms with Crippen molar-refractivity contribution >= 4 is 0 Å². The lowest BCUT2D eigenvalue weighted by Gasteiger charge is -2.06. The maximum absolute atomic E-state index is 3.61. The first-order valence-corrected chi connectivity index (χ1v) is 7.21. The quantitative estimate of drug-likeness (QED) is 0.539. The second kappa shape index (κ2) is 7.56. The van der Waals surface area contributed by atoms with Gasteiger partial charge in [-0.05, 0) is 55.6 Å². The van der Waals surface area contributed by atoms with Gasteiger partial charge < -0.3 is 0 Å². The van der Waals surface area contributed by atoms with Crippen LogP contribution < -0.4 is 0 Å². The van der Waals surface area contributed by atoms with Gasteiger partial charge in [0.25, 0.3) is 0 Å². The summed E-state index contributed by atoms with van der Waals surface area (Å²) < 4.78 is 0. The molecule has 0 saturated carbocycles. The third-order valence-electron chi connectivity index (χ3n) is 3.34. The summed E-state index contributed by atoms with van der Waals surface area (Å²) in [6, 6.07) is 0. The van der Waals surface area contributed by atoms with Gasteiger partial charge >= 0.3 is 0 Å². The van der Waals surface area contributed by atoms with E-state index in [9.17, 15) is 0 Å². The summed E-state index contributed by atoms with van der Waals surface area (Å²) in [5.74, 6) is 1.44. The lowest BCUT2D eigenvalue weighted by atomic mass is 9.99. The molecule has 0 heteroatoms. The van der Waals surface area contributed by atoms with Gasteiger partial charge in [-0.15, -0.1) is 5.73 Å². The minimum atomic E-state index is 0.718. The molecule has 1 rings (SSSR count). The van der Waals surface area contributed by atoms with Gasteiger partial charge in [-0.2, -0.15) is 0 Å². The van der Waals surface area contributed by atoms with Crippen LogP contribution in [0.2, 0.25) is 0 Å². The van der Waals surface area contributed by atoms with Crippen LogP contribution in [0.4, 0.5) is 0 Å². The molecule has 1 aliphatic rings. The molecule has 0 bridgehead atoms. The normalized spacial score (nSPS) is 23.0. The number of hydrogen-bond acceptors (Lipinski definition) is 0.